The maximum absolute atomic E-state index is 5.59. The third kappa shape index (κ3) is 2.41. The normalized spacial score (nSPS) is 13.1. The van der Waals surface area contributed by atoms with Crippen molar-refractivity contribution in [3.63, 3.8) is 0 Å². The molecule has 0 unspecified atom stereocenters. The summed E-state index contributed by atoms with van der Waals surface area (Å²) in [6.45, 7) is 9.98. The summed E-state index contributed by atoms with van der Waals surface area (Å²) in [6, 6.07) is 2.61. The van der Waals surface area contributed by atoms with Crippen LogP contribution in [0.5, 0.6) is 0 Å². The Balaban J connectivity index is 2.45. The molecule has 0 bridgehead atoms. The molecule has 2 aromatic heterocycles. The highest BCUT2D eigenvalue weighted by Crippen LogP contribution is 2.25. The molecule has 0 fully saturated rings. The molecule has 0 aliphatic heterocycles. The molecule has 0 N–H and O–H groups in total. The van der Waals surface area contributed by atoms with E-state index in [1.807, 2.05) is 13.1 Å². The highest BCUT2D eigenvalue weighted by atomic mass is 16.5. The van der Waals surface area contributed by atoms with Crippen molar-refractivity contribution in [1.29, 1.82) is 0 Å². The first-order chi connectivity index (χ1) is 8.67. The van der Waals surface area contributed by atoms with Crippen LogP contribution in [-0.4, -0.2) is 22.8 Å². The van der Waals surface area contributed by atoms with Gasteiger partial charge in [-0.1, -0.05) is 6.92 Å². The zero-order valence-electron chi connectivity index (χ0n) is 11.7. The van der Waals surface area contributed by atoms with Crippen molar-refractivity contribution in [2.45, 2.75) is 40.2 Å². The maximum atomic E-state index is 5.59. The van der Waals surface area contributed by atoms with Gasteiger partial charge in [-0.2, -0.15) is 0 Å². The highest BCUT2D eigenvalue weighted by molar-refractivity contribution is 5.80. The van der Waals surface area contributed by atoms with Gasteiger partial charge in [0.1, 0.15) is 0 Å². The number of rotatable bonds is 5. The number of ether oxygens (including phenoxy) is 1. The standard InChI is InChI=1S/C15H22N2O/c1-5-13(10-18-6-2)17-9-12(4)15-14(17)7-11(3)8-16-15/h7-9,13H,5-6,10H2,1-4H3/t13-/m0/s1. The Morgan fingerprint density at radius 1 is 1.33 bits per heavy atom. The Bertz CT molecular complexity index is 531. The van der Waals surface area contributed by atoms with E-state index in [-0.39, 0.29) is 0 Å². The monoisotopic (exact) mass is 246 g/mol. The zero-order chi connectivity index (χ0) is 13.1. The van der Waals surface area contributed by atoms with Crippen molar-refractivity contribution >= 4 is 11.0 Å². The largest absolute Gasteiger partial charge is 0.380 e. The topological polar surface area (TPSA) is 27.1 Å². The number of hydrogen-bond donors (Lipinski definition) is 0. The van der Waals surface area contributed by atoms with Crippen LogP contribution in [0, 0.1) is 13.8 Å². The number of aromatic nitrogens is 2. The number of hydrogen-bond acceptors (Lipinski definition) is 2. The molecule has 0 radical (unpaired) electrons. The molecule has 0 amide bonds. The van der Waals surface area contributed by atoms with Crippen molar-refractivity contribution in [3.05, 3.63) is 29.6 Å². The lowest BCUT2D eigenvalue weighted by atomic mass is 10.2. The summed E-state index contributed by atoms with van der Waals surface area (Å²) in [6.07, 6.45) is 5.20. The molecule has 2 aromatic rings. The number of aryl methyl sites for hydroxylation is 2. The summed E-state index contributed by atoms with van der Waals surface area (Å²) in [5, 5.41) is 0. The molecule has 3 nitrogen and oxygen atoms in total. The minimum absolute atomic E-state index is 0.393. The van der Waals surface area contributed by atoms with Crippen LogP contribution in [0.2, 0.25) is 0 Å². The third-order valence-corrected chi connectivity index (χ3v) is 3.37. The van der Waals surface area contributed by atoms with Crippen molar-refractivity contribution in [3.8, 4) is 0 Å². The maximum Gasteiger partial charge on any atom is 0.0910 e. The minimum atomic E-state index is 0.393. The Morgan fingerprint density at radius 2 is 2.11 bits per heavy atom. The van der Waals surface area contributed by atoms with Gasteiger partial charge in [0, 0.05) is 19.0 Å². The van der Waals surface area contributed by atoms with E-state index in [9.17, 15) is 0 Å². The molecule has 18 heavy (non-hydrogen) atoms. The fourth-order valence-corrected chi connectivity index (χ4v) is 2.34. The molecule has 0 saturated carbocycles. The number of fused-ring (bicyclic) bond motifs is 1. The molecule has 1 atom stereocenters. The first-order valence-corrected chi connectivity index (χ1v) is 6.68. The summed E-state index contributed by atoms with van der Waals surface area (Å²) in [7, 11) is 0. The molecule has 0 aliphatic rings. The molecule has 0 saturated heterocycles. The fraction of sp³-hybridized carbons (Fsp3) is 0.533. The molecule has 3 heteroatoms. The van der Waals surface area contributed by atoms with Crippen molar-refractivity contribution in [2.24, 2.45) is 0 Å². The summed E-state index contributed by atoms with van der Waals surface area (Å²) in [4.78, 5) is 4.54. The molecule has 2 rings (SSSR count). The average Bonchev–Trinajstić information content (AvgIpc) is 2.67. The molecule has 0 spiro atoms. The average molecular weight is 246 g/mol. The van der Waals surface area contributed by atoms with Crippen LogP contribution in [0.15, 0.2) is 18.5 Å². The predicted octanol–water partition coefficient (Wildman–Crippen LogP) is 3.64. The fourth-order valence-electron chi connectivity index (χ4n) is 2.34. The van der Waals surface area contributed by atoms with Crippen LogP contribution in [0.3, 0.4) is 0 Å². The summed E-state index contributed by atoms with van der Waals surface area (Å²) in [5.74, 6) is 0. The highest BCUT2D eigenvalue weighted by Gasteiger charge is 2.14. The number of nitrogens with zero attached hydrogens (tertiary/aromatic N) is 2. The molecular weight excluding hydrogens is 224 g/mol. The van der Waals surface area contributed by atoms with E-state index in [1.54, 1.807) is 0 Å². The third-order valence-electron chi connectivity index (χ3n) is 3.37. The molecule has 98 valence electrons. The van der Waals surface area contributed by atoms with Gasteiger partial charge in [0.25, 0.3) is 0 Å². The summed E-state index contributed by atoms with van der Waals surface area (Å²) in [5.41, 5.74) is 4.77. The smallest absolute Gasteiger partial charge is 0.0910 e. The van der Waals surface area contributed by atoms with Gasteiger partial charge in [-0.05, 0) is 44.4 Å². The molecule has 0 aromatic carbocycles. The van der Waals surface area contributed by atoms with Crippen LogP contribution in [0.1, 0.15) is 37.4 Å². The lowest BCUT2D eigenvalue weighted by Gasteiger charge is -2.18. The zero-order valence-corrected chi connectivity index (χ0v) is 11.7. The van der Waals surface area contributed by atoms with Gasteiger partial charge >= 0.3 is 0 Å². The number of pyridine rings is 1. The van der Waals surface area contributed by atoms with E-state index in [1.165, 1.54) is 16.6 Å². The second kappa shape index (κ2) is 5.53. The summed E-state index contributed by atoms with van der Waals surface area (Å²) < 4.78 is 7.91. The van der Waals surface area contributed by atoms with Gasteiger partial charge in [-0.25, -0.2) is 0 Å². The SMILES string of the molecule is CCOC[C@H](CC)n1cc(C)c2ncc(C)cc21. The Labute approximate surface area is 109 Å². The molecule has 0 aliphatic carbocycles. The van der Waals surface area contributed by atoms with Gasteiger partial charge in [0.15, 0.2) is 0 Å². The van der Waals surface area contributed by atoms with E-state index in [4.69, 9.17) is 4.74 Å². The van der Waals surface area contributed by atoms with Crippen LogP contribution >= 0.6 is 0 Å². The Hall–Kier alpha value is -1.35. The van der Waals surface area contributed by atoms with Crippen LogP contribution in [-0.2, 0) is 4.74 Å². The second-order valence-corrected chi connectivity index (χ2v) is 4.82. The van der Waals surface area contributed by atoms with Crippen molar-refractivity contribution in [2.75, 3.05) is 13.2 Å². The van der Waals surface area contributed by atoms with E-state index < -0.39 is 0 Å². The minimum Gasteiger partial charge on any atom is -0.380 e. The van der Waals surface area contributed by atoms with Gasteiger partial charge in [-0.15, -0.1) is 0 Å². The van der Waals surface area contributed by atoms with Gasteiger partial charge in [0.2, 0.25) is 0 Å². The lowest BCUT2D eigenvalue weighted by molar-refractivity contribution is 0.113. The Morgan fingerprint density at radius 3 is 2.78 bits per heavy atom. The van der Waals surface area contributed by atoms with Gasteiger partial charge < -0.3 is 9.30 Å². The second-order valence-electron chi connectivity index (χ2n) is 4.82. The van der Waals surface area contributed by atoms with E-state index in [0.29, 0.717) is 6.04 Å². The quantitative estimate of drug-likeness (QED) is 0.805. The summed E-state index contributed by atoms with van der Waals surface area (Å²) >= 11 is 0. The van der Waals surface area contributed by atoms with Crippen molar-refractivity contribution < 1.29 is 4.74 Å². The van der Waals surface area contributed by atoms with E-state index in [0.717, 1.165) is 25.2 Å². The van der Waals surface area contributed by atoms with Crippen LogP contribution < -0.4 is 0 Å². The first-order valence-electron chi connectivity index (χ1n) is 6.68. The van der Waals surface area contributed by atoms with Gasteiger partial charge in [0.05, 0.1) is 23.7 Å². The van der Waals surface area contributed by atoms with Crippen molar-refractivity contribution in [1.82, 2.24) is 9.55 Å². The lowest BCUT2D eigenvalue weighted by Crippen LogP contribution is -2.14. The molecule has 2 heterocycles. The van der Waals surface area contributed by atoms with Gasteiger partial charge in [-0.3, -0.25) is 4.98 Å². The van der Waals surface area contributed by atoms with Crippen LogP contribution in [0.4, 0.5) is 0 Å². The predicted molar refractivity (Wildman–Crippen MR) is 75.0 cm³/mol. The van der Waals surface area contributed by atoms with E-state index >= 15 is 0 Å². The Kier molecular flexibility index (Phi) is 4.02. The molecular formula is C15H22N2O. The van der Waals surface area contributed by atoms with Crippen LogP contribution in [0.25, 0.3) is 11.0 Å². The van der Waals surface area contributed by atoms with E-state index in [2.05, 4.69) is 42.6 Å². The first kappa shape index (κ1) is 13.1.